The fraction of sp³-hybridized carbons (Fsp3) is 0.389. The molecule has 0 N–H and O–H groups in total. The van der Waals surface area contributed by atoms with Crippen LogP contribution in [-0.4, -0.2) is 32.3 Å². The third-order valence-corrected chi connectivity index (χ3v) is 3.58. The Labute approximate surface area is 144 Å². The normalized spacial score (nSPS) is 10.7. The van der Waals surface area contributed by atoms with Gasteiger partial charge in [-0.15, -0.1) is 0 Å². The van der Waals surface area contributed by atoms with Crippen LogP contribution < -0.4 is 10.4 Å². The number of hydrogen-bond donors (Lipinski definition) is 0. The molecule has 2 aromatic rings. The number of carbonyl (C=O) groups excluding carboxylic acids is 2. The van der Waals surface area contributed by atoms with E-state index < -0.39 is 23.5 Å². The summed E-state index contributed by atoms with van der Waals surface area (Å²) in [4.78, 5) is 36.4. The van der Waals surface area contributed by atoms with E-state index in [0.717, 1.165) is 0 Å². The average molecular weight is 348 g/mol. The zero-order chi connectivity index (χ0) is 18.4. The summed E-state index contributed by atoms with van der Waals surface area (Å²) in [6.45, 7) is 3.52. The third-order valence-electron chi connectivity index (χ3n) is 3.58. The fourth-order valence-corrected chi connectivity index (χ4v) is 2.43. The van der Waals surface area contributed by atoms with Crippen molar-refractivity contribution in [2.75, 3.05) is 20.3 Å². The lowest BCUT2D eigenvalue weighted by Crippen LogP contribution is -2.31. The van der Waals surface area contributed by atoms with E-state index in [1.54, 1.807) is 38.1 Å². The standard InChI is InChI=1S/C18H20O7/c1-4-23-17(20)13(18(21)24-5-2)10-12-9-11-7-6-8-14(22-3)15(11)25-16(12)19/h6-9,13H,4-5,10H2,1-3H3. The van der Waals surface area contributed by atoms with Gasteiger partial charge in [-0.05, 0) is 26.0 Å². The fourth-order valence-electron chi connectivity index (χ4n) is 2.43. The average Bonchev–Trinajstić information content (AvgIpc) is 2.59. The minimum absolute atomic E-state index is 0.123. The van der Waals surface area contributed by atoms with E-state index >= 15 is 0 Å². The summed E-state index contributed by atoms with van der Waals surface area (Å²) in [5, 5.41) is 0.625. The first-order chi connectivity index (χ1) is 12.0. The van der Waals surface area contributed by atoms with Crippen LogP contribution in [0.25, 0.3) is 11.0 Å². The summed E-state index contributed by atoms with van der Waals surface area (Å²) in [7, 11) is 1.47. The van der Waals surface area contributed by atoms with Crippen molar-refractivity contribution in [3.05, 3.63) is 40.2 Å². The molecular weight excluding hydrogens is 328 g/mol. The first-order valence-electron chi connectivity index (χ1n) is 7.94. The summed E-state index contributed by atoms with van der Waals surface area (Å²) in [5.74, 6) is -2.25. The lowest BCUT2D eigenvalue weighted by Gasteiger charge is -2.14. The highest BCUT2D eigenvalue weighted by Crippen LogP contribution is 2.25. The van der Waals surface area contributed by atoms with E-state index in [0.29, 0.717) is 16.7 Å². The van der Waals surface area contributed by atoms with Gasteiger partial charge in [-0.1, -0.05) is 12.1 Å². The molecule has 0 aliphatic carbocycles. The van der Waals surface area contributed by atoms with E-state index in [9.17, 15) is 14.4 Å². The first-order valence-corrected chi connectivity index (χ1v) is 7.94. The van der Waals surface area contributed by atoms with Crippen molar-refractivity contribution < 1.29 is 28.2 Å². The van der Waals surface area contributed by atoms with Gasteiger partial charge in [0.15, 0.2) is 17.3 Å². The van der Waals surface area contributed by atoms with Gasteiger partial charge < -0.3 is 18.6 Å². The van der Waals surface area contributed by atoms with Gasteiger partial charge in [0.05, 0.1) is 20.3 Å². The molecule has 7 heteroatoms. The second kappa shape index (κ2) is 8.32. The van der Waals surface area contributed by atoms with Gasteiger partial charge in [-0.25, -0.2) is 4.79 Å². The minimum Gasteiger partial charge on any atom is -0.493 e. The number of fused-ring (bicyclic) bond motifs is 1. The highest BCUT2D eigenvalue weighted by molar-refractivity contribution is 5.95. The number of carbonyl (C=O) groups is 2. The van der Waals surface area contributed by atoms with Crippen LogP contribution in [0.3, 0.4) is 0 Å². The van der Waals surface area contributed by atoms with Crippen molar-refractivity contribution in [1.82, 2.24) is 0 Å². The number of methoxy groups -OCH3 is 1. The summed E-state index contributed by atoms with van der Waals surface area (Å²) in [5.41, 5.74) is -0.148. The van der Waals surface area contributed by atoms with Crippen LogP contribution in [0, 0.1) is 5.92 Å². The highest BCUT2D eigenvalue weighted by Gasteiger charge is 2.31. The van der Waals surface area contributed by atoms with Crippen molar-refractivity contribution in [1.29, 1.82) is 0 Å². The first kappa shape index (κ1) is 18.5. The maximum absolute atomic E-state index is 12.3. The largest absolute Gasteiger partial charge is 0.493 e. The maximum atomic E-state index is 12.3. The molecular formula is C18H20O7. The molecule has 0 fully saturated rings. The predicted molar refractivity (Wildman–Crippen MR) is 89.5 cm³/mol. The molecule has 0 atom stereocenters. The highest BCUT2D eigenvalue weighted by atomic mass is 16.6. The van der Waals surface area contributed by atoms with Crippen molar-refractivity contribution >= 4 is 22.9 Å². The molecule has 1 aromatic heterocycles. The van der Waals surface area contributed by atoms with Crippen molar-refractivity contribution in [3.63, 3.8) is 0 Å². The Bertz CT molecular complexity index is 804. The number of esters is 2. The Morgan fingerprint density at radius 1 is 1.12 bits per heavy atom. The maximum Gasteiger partial charge on any atom is 0.339 e. The second-order valence-electron chi connectivity index (χ2n) is 5.20. The number of ether oxygens (including phenoxy) is 3. The molecule has 2 rings (SSSR count). The molecule has 0 aliphatic rings. The van der Waals surface area contributed by atoms with Gasteiger partial charge in [-0.3, -0.25) is 9.59 Å². The van der Waals surface area contributed by atoms with Crippen LogP contribution in [0.15, 0.2) is 33.5 Å². The lowest BCUT2D eigenvalue weighted by molar-refractivity contribution is -0.161. The second-order valence-corrected chi connectivity index (χ2v) is 5.20. The Hall–Kier alpha value is -2.83. The van der Waals surface area contributed by atoms with Crippen LogP contribution in [-0.2, 0) is 25.5 Å². The van der Waals surface area contributed by atoms with E-state index in [1.807, 2.05) is 0 Å². The molecule has 134 valence electrons. The number of para-hydroxylation sites is 1. The molecule has 25 heavy (non-hydrogen) atoms. The summed E-state index contributed by atoms with van der Waals surface area (Å²) >= 11 is 0. The summed E-state index contributed by atoms with van der Waals surface area (Å²) in [6.07, 6.45) is -0.160. The van der Waals surface area contributed by atoms with Crippen LogP contribution in [0.4, 0.5) is 0 Å². The Morgan fingerprint density at radius 3 is 2.32 bits per heavy atom. The number of benzene rings is 1. The molecule has 7 nitrogen and oxygen atoms in total. The lowest BCUT2D eigenvalue weighted by atomic mass is 9.99. The monoisotopic (exact) mass is 348 g/mol. The van der Waals surface area contributed by atoms with E-state index in [1.165, 1.54) is 7.11 Å². The van der Waals surface area contributed by atoms with E-state index in [-0.39, 0.29) is 25.2 Å². The molecule has 0 saturated heterocycles. The van der Waals surface area contributed by atoms with Gasteiger partial charge in [0.25, 0.3) is 0 Å². The summed E-state index contributed by atoms with van der Waals surface area (Å²) in [6, 6.07) is 6.74. The Morgan fingerprint density at radius 2 is 1.76 bits per heavy atom. The summed E-state index contributed by atoms with van der Waals surface area (Å²) < 4.78 is 20.3. The molecule has 0 amide bonds. The molecule has 0 aliphatic heterocycles. The van der Waals surface area contributed by atoms with Gasteiger partial charge >= 0.3 is 17.6 Å². The number of hydrogen-bond acceptors (Lipinski definition) is 7. The molecule has 1 heterocycles. The third kappa shape index (κ3) is 4.17. The minimum atomic E-state index is -1.22. The Balaban J connectivity index is 2.41. The Kier molecular flexibility index (Phi) is 6.16. The van der Waals surface area contributed by atoms with Crippen LogP contribution in [0.2, 0.25) is 0 Å². The van der Waals surface area contributed by atoms with Gasteiger partial charge in [0.1, 0.15) is 0 Å². The molecule has 0 spiro atoms. The molecule has 1 aromatic carbocycles. The van der Waals surface area contributed by atoms with Crippen LogP contribution >= 0.6 is 0 Å². The molecule has 0 bridgehead atoms. The van der Waals surface area contributed by atoms with Crippen LogP contribution in [0.1, 0.15) is 19.4 Å². The van der Waals surface area contributed by atoms with Crippen molar-refractivity contribution in [2.45, 2.75) is 20.3 Å². The topological polar surface area (TPSA) is 92.0 Å². The van der Waals surface area contributed by atoms with E-state index in [4.69, 9.17) is 18.6 Å². The van der Waals surface area contributed by atoms with Gasteiger partial charge in [0, 0.05) is 17.4 Å². The van der Waals surface area contributed by atoms with Crippen molar-refractivity contribution in [2.24, 2.45) is 5.92 Å². The molecule has 0 saturated carbocycles. The zero-order valence-electron chi connectivity index (χ0n) is 14.4. The number of rotatable bonds is 7. The van der Waals surface area contributed by atoms with E-state index in [2.05, 4.69) is 0 Å². The molecule has 0 radical (unpaired) electrons. The SMILES string of the molecule is CCOC(=O)C(Cc1cc2cccc(OC)c2oc1=O)C(=O)OCC. The predicted octanol–water partition coefficient (Wildman–Crippen LogP) is 2.09. The molecule has 0 unspecified atom stereocenters. The van der Waals surface area contributed by atoms with Crippen LogP contribution in [0.5, 0.6) is 5.75 Å². The van der Waals surface area contributed by atoms with Gasteiger partial charge in [0.2, 0.25) is 0 Å². The van der Waals surface area contributed by atoms with Crippen molar-refractivity contribution in [3.8, 4) is 5.75 Å². The quantitative estimate of drug-likeness (QED) is 0.430. The zero-order valence-corrected chi connectivity index (χ0v) is 14.4. The smallest absolute Gasteiger partial charge is 0.339 e. The van der Waals surface area contributed by atoms with Gasteiger partial charge in [-0.2, -0.15) is 0 Å².